The molecule has 118 valence electrons. The van der Waals surface area contributed by atoms with E-state index in [-0.39, 0.29) is 30.3 Å². The van der Waals surface area contributed by atoms with Crippen LogP contribution in [-0.4, -0.2) is 24.0 Å². The van der Waals surface area contributed by atoms with Gasteiger partial charge in [0.15, 0.2) is 0 Å². The van der Waals surface area contributed by atoms with E-state index in [1.807, 2.05) is 30.3 Å². The summed E-state index contributed by atoms with van der Waals surface area (Å²) < 4.78 is 14.0. The second-order valence-corrected chi connectivity index (χ2v) is 5.83. The minimum Gasteiger partial charge on any atom is -0.326 e. The highest BCUT2D eigenvalue weighted by Crippen LogP contribution is 2.33. The van der Waals surface area contributed by atoms with Gasteiger partial charge in [0, 0.05) is 36.7 Å². The zero-order valence-corrected chi connectivity index (χ0v) is 13.5. The van der Waals surface area contributed by atoms with Crippen molar-refractivity contribution in [1.82, 2.24) is 4.90 Å². The molecular weight excluding hydrogens is 299 g/mol. The molecule has 3 rings (SSSR count). The van der Waals surface area contributed by atoms with Gasteiger partial charge in [0.05, 0.1) is 0 Å². The zero-order valence-electron chi connectivity index (χ0n) is 12.7. The lowest BCUT2D eigenvalue weighted by Gasteiger charge is -2.25. The first-order valence-electron chi connectivity index (χ1n) is 7.46. The molecule has 0 aromatic heterocycles. The van der Waals surface area contributed by atoms with Crippen molar-refractivity contribution in [2.24, 2.45) is 5.73 Å². The fourth-order valence-electron chi connectivity index (χ4n) is 3.24. The highest BCUT2D eigenvalue weighted by molar-refractivity contribution is 5.85. The highest BCUT2D eigenvalue weighted by atomic mass is 35.5. The van der Waals surface area contributed by atoms with Crippen LogP contribution in [0.4, 0.5) is 4.39 Å². The molecule has 0 aliphatic carbocycles. The number of hydrogen-bond donors (Lipinski definition) is 1. The molecule has 2 aromatic carbocycles. The molecule has 0 bridgehead atoms. The second kappa shape index (κ2) is 7.23. The van der Waals surface area contributed by atoms with Crippen LogP contribution in [0.3, 0.4) is 0 Å². The Kier molecular flexibility index (Phi) is 5.57. The molecular formula is C18H22ClFN2. The van der Waals surface area contributed by atoms with Crippen LogP contribution in [0.2, 0.25) is 0 Å². The molecule has 0 amide bonds. The van der Waals surface area contributed by atoms with Gasteiger partial charge in [-0.1, -0.05) is 48.5 Å². The number of nitrogens with two attached hydrogens (primary N) is 1. The van der Waals surface area contributed by atoms with Crippen LogP contribution in [0.15, 0.2) is 54.6 Å². The van der Waals surface area contributed by atoms with E-state index in [2.05, 4.69) is 24.0 Å². The SMILES string of the molecule is CC(c1ccccc1F)N1C[C@@H](N)[C@H](c2ccccc2)C1.Cl. The Morgan fingerprint density at radius 2 is 1.68 bits per heavy atom. The summed E-state index contributed by atoms with van der Waals surface area (Å²) in [5.41, 5.74) is 8.34. The molecule has 1 unspecified atom stereocenters. The summed E-state index contributed by atoms with van der Waals surface area (Å²) >= 11 is 0. The monoisotopic (exact) mass is 320 g/mol. The van der Waals surface area contributed by atoms with Gasteiger partial charge in [-0.05, 0) is 18.6 Å². The maximum Gasteiger partial charge on any atom is 0.127 e. The first-order chi connectivity index (χ1) is 10.2. The van der Waals surface area contributed by atoms with Gasteiger partial charge in [0.2, 0.25) is 0 Å². The third-order valence-electron chi connectivity index (χ3n) is 4.52. The number of benzene rings is 2. The van der Waals surface area contributed by atoms with Gasteiger partial charge in [-0.2, -0.15) is 0 Å². The first-order valence-corrected chi connectivity index (χ1v) is 7.46. The topological polar surface area (TPSA) is 29.3 Å². The van der Waals surface area contributed by atoms with Crippen molar-refractivity contribution in [3.63, 3.8) is 0 Å². The standard InChI is InChI=1S/C18H21FN2.ClH/c1-13(15-9-5-6-10-17(15)19)21-11-16(18(20)12-21)14-7-3-2-4-8-14;/h2-10,13,16,18H,11-12,20H2,1H3;1H/t13?,16-,18+;/m0./s1. The molecule has 1 aliphatic rings. The third-order valence-corrected chi connectivity index (χ3v) is 4.52. The molecule has 4 heteroatoms. The van der Waals surface area contributed by atoms with Gasteiger partial charge in [-0.15, -0.1) is 12.4 Å². The van der Waals surface area contributed by atoms with E-state index in [1.165, 1.54) is 11.6 Å². The fourth-order valence-corrected chi connectivity index (χ4v) is 3.24. The van der Waals surface area contributed by atoms with Gasteiger partial charge in [0.25, 0.3) is 0 Å². The van der Waals surface area contributed by atoms with E-state index in [0.29, 0.717) is 5.92 Å². The first kappa shape index (κ1) is 16.9. The maximum atomic E-state index is 14.0. The minimum atomic E-state index is -0.137. The van der Waals surface area contributed by atoms with E-state index >= 15 is 0 Å². The predicted octanol–water partition coefficient (Wildman–Crippen LogP) is 3.74. The Morgan fingerprint density at radius 3 is 2.36 bits per heavy atom. The van der Waals surface area contributed by atoms with E-state index in [1.54, 1.807) is 6.07 Å². The van der Waals surface area contributed by atoms with Crippen molar-refractivity contribution in [3.05, 3.63) is 71.5 Å². The van der Waals surface area contributed by atoms with Crippen LogP contribution in [-0.2, 0) is 0 Å². The van der Waals surface area contributed by atoms with Gasteiger partial charge in [-0.3, -0.25) is 4.90 Å². The third kappa shape index (κ3) is 3.32. The molecule has 0 spiro atoms. The molecule has 0 radical (unpaired) electrons. The number of hydrogen-bond acceptors (Lipinski definition) is 2. The Bertz CT molecular complexity index is 605. The molecule has 2 N–H and O–H groups in total. The van der Waals surface area contributed by atoms with Gasteiger partial charge < -0.3 is 5.73 Å². The Balaban J connectivity index is 0.00000176. The smallest absolute Gasteiger partial charge is 0.127 e. The van der Waals surface area contributed by atoms with Gasteiger partial charge in [-0.25, -0.2) is 4.39 Å². The van der Waals surface area contributed by atoms with Crippen molar-refractivity contribution >= 4 is 12.4 Å². The highest BCUT2D eigenvalue weighted by Gasteiger charge is 2.34. The number of halogens is 2. The largest absolute Gasteiger partial charge is 0.326 e. The van der Waals surface area contributed by atoms with Crippen molar-refractivity contribution in [1.29, 1.82) is 0 Å². The molecule has 3 atom stereocenters. The van der Waals surface area contributed by atoms with E-state index in [4.69, 9.17) is 5.73 Å². The maximum absolute atomic E-state index is 14.0. The predicted molar refractivity (Wildman–Crippen MR) is 90.8 cm³/mol. The van der Waals surface area contributed by atoms with E-state index in [0.717, 1.165) is 18.7 Å². The van der Waals surface area contributed by atoms with Crippen LogP contribution in [0, 0.1) is 5.82 Å². The van der Waals surface area contributed by atoms with Crippen molar-refractivity contribution in [2.45, 2.75) is 24.9 Å². The van der Waals surface area contributed by atoms with Gasteiger partial charge in [0.1, 0.15) is 5.82 Å². The molecule has 1 saturated heterocycles. The lowest BCUT2D eigenvalue weighted by Crippen LogP contribution is -2.30. The second-order valence-electron chi connectivity index (χ2n) is 5.83. The normalized spacial score (nSPS) is 23.0. The molecule has 1 fully saturated rings. The minimum absolute atomic E-state index is 0. The summed E-state index contributed by atoms with van der Waals surface area (Å²) in [5, 5.41) is 0. The fraction of sp³-hybridized carbons (Fsp3) is 0.333. The van der Waals surface area contributed by atoms with Crippen molar-refractivity contribution in [3.8, 4) is 0 Å². The zero-order chi connectivity index (χ0) is 14.8. The van der Waals surface area contributed by atoms with Crippen LogP contribution < -0.4 is 5.73 Å². The van der Waals surface area contributed by atoms with Crippen LogP contribution in [0.5, 0.6) is 0 Å². The molecule has 2 aromatic rings. The molecule has 1 aliphatic heterocycles. The Morgan fingerprint density at radius 1 is 1.05 bits per heavy atom. The van der Waals surface area contributed by atoms with Crippen molar-refractivity contribution in [2.75, 3.05) is 13.1 Å². The molecule has 0 saturated carbocycles. The summed E-state index contributed by atoms with van der Waals surface area (Å²) in [4.78, 5) is 2.28. The van der Waals surface area contributed by atoms with Gasteiger partial charge >= 0.3 is 0 Å². The lowest BCUT2D eigenvalue weighted by atomic mass is 9.95. The summed E-state index contributed by atoms with van der Waals surface area (Å²) in [6, 6.07) is 17.5. The number of rotatable bonds is 3. The van der Waals surface area contributed by atoms with Crippen LogP contribution in [0.25, 0.3) is 0 Å². The average molecular weight is 321 g/mol. The quantitative estimate of drug-likeness (QED) is 0.933. The van der Waals surface area contributed by atoms with E-state index in [9.17, 15) is 4.39 Å². The van der Waals surface area contributed by atoms with Crippen LogP contribution >= 0.6 is 12.4 Å². The summed E-state index contributed by atoms with van der Waals surface area (Å²) in [6.45, 7) is 3.73. The van der Waals surface area contributed by atoms with Crippen molar-refractivity contribution < 1.29 is 4.39 Å². The summed E-state index contributed by atoms with van der Waals surface area (Å²) in [6.07, 6.45) is 0. The number of likely N-dealkylation sites (tertiary alicyclic amines) is 1. The summed E-state index contributed by atoms with van der Waals surface area (Å²) in [5.74, 6) is 0.183. The average Bonchev–Trinajstić information content (AvgIpc) is 2.90. The number of nitrogens with zero attached hydrogens (tertiary/aromatic N) is 1. The Hall–Kier alpha value is -1.42. The Labute approximate surface area is 137 Å². The molecule has 22 heavy (non-hydrogen) atoms. The summed E-state index contributed by atoms with van der Waals surface area (Å²) in [7, 11) is 0. The molecule has 1 heterocycles. The lowest BCUT2D eigenvalue weighted by molar-refractivity contribution is 0.252. The van der Waals surface area contributed by atoms with Crippen LogP contribution in [0.1, 0.15) is 30.0 Å². The molecule has 2 nitrogen and oxygen atoms in total. The van der Waals surface area contributed by atoms with E-state index < -0.39 is 0 Å².